The third-order valence-electron chi connectivity index (χ3n) is 2.77. The fourth-order valence-electron chi connectivity index (χ4n) is 1.88. The Morgan fingerprint density at radius 1 is 1.45 bits per heavy atom. The third-order valence-corrected chi connectivity index (χ3v) is 2.77. The average Bonchev–Trinajstić information content (AvgIpc) is 2.05. The lowest BCUT2D eigenvalue weighted by atomic mass is 9.79. The first-order chi connectivity index (χ1) is 5.29. The molecule has 64 valence electrons. The number of carbonyl (C=O) groups is 1. The van der Waals surface area contributed by atoms with Crippen molar-refractivity contribution in [1.82, 2.24) is 0 Å². The topological polar surface area (TPSA) is 26.3 Å². The zero-order valence-corrected chi connectivity index (χ0v) is 7.25. The Hall–Kier alpha value is -0.370. The maximum Gasteiger partial charge on any atom is 0.123 e. The quantitative estimate of drug-likeness (QED) is 0.568. The van der Waals surface area contributed by atoms with Crippen LogP contribution < -0.4 is 0 Å². The number of methoxy groups -OCH3 is 1. The molecule has 0 bridgehead atoms. The molecule has 0 aromatic rings. The minimum Gasteiger partial charge on any atom is -0.381 e. The summed E-state index contributed by atoms with van der Waals surface area (Å²) in [6.45, 7) is 2.10. The van der Waals surface area contributed by atoms with Crippen LogP contribution in [0.2, 0.25) is 0 Å². The van der Waals surface area contributed by atoms with Gasteiger partial charge in [0.25, 0.3) is 0 Å². The second-order valence-corrected chi connectivity index (χ2v) is 3.36. The molecule has 2 nitrogen and oxygen atoms in total. The summed E-state index contributed by atoms with van der Waals surface area (Å²) in [6, 6.07) is 0. The average molecular weight is 156 g/mol. The summed E-state index contributed by atoms with van der Waals surface area (Å²) in [5.74, 6) is 0.639. The molecule has 1 saturated carbocycles. The molecule has 3 unspecified atom stereocenters. The van der Waals surface area contributed by atoms with Gasteiger partial charge in [-0.05, 0) is 18.8 Å². The summed E-state index contributed by atoms with van der Waals surface area (Å²) >= 11 is 0. The van der Waals surface area contributed by atoms with E-state index in [0.29, 0.717) is 12.0 Å². The molecule has 0 radical (unpaired) electrons. The van der Waals surface area contributed by atoms with Crippen molar-refractivity contribution in [1.29, 1.82) is 0 Å². The van der Waals surface area contributed by atoms with Gasteiger partial charge in [-0.2, -0.15) is 0 Å². The monoisotopic (exact) mass is 156 g/mol. The van der Waals surface area contributed by atoms with Crippen molar-refractivity contribution in [3.8, 4) is 0 Å². The van der Waals surface area contributed by atoms with Crippen LogP contribution in [0.25, 0.3) is 0 Å². The zero-order chi connectivity index (χ0) is 8.27. The number of aldehydes is 1. The van der Waals surface area contributed by atoms with E-state index in [9.17, 15) is 4.79 Å². The van der Waals surface area contributed by atoms with E-state index < -0.39 is 0 Å². The van der Waals surface area contributed by atoms with Gasteiger partial charge in [0, 0.05) is 13.0 Å². The van der Waals surface area contributed by atoms with Gasteiger partial charge >= 0.3 is 0 Å². The van der Waals surface area contributed by atoms with Crippen LogP contribution in [0.1, 0.15) is 26.2 Å². The minimum atomic E-state index is 0.230. The van der Waals surface area contributed by atoms with Crippen LogP contribution in [0, 0.1) is 11.8 Å². The highest BCUT2D eigenvalue weighted by atomic mass is 16.5. The molecule has 0 N–H and O–H groups in total. The highest BCUT2D eigenvalue weighted by Gasteiger charge is 2.29. The maximum atomic E-state index is 10.6. The molecule has 0 saturated heterocycles. The van der Waals surface area contributed by atoms with E-state index in [0.717, 1.165) is 25.5 Å². The van der Waals surface area contributed by atoms with Gasteiger partial charge in [-0.25, -0.2) is 0 Å². The Morgan fingerprint density at radius 3 is 2.73 bits per heavy atom. The molecule has 1 fully saturated rings. The van der Waals surface area contributed by atoms with Crippen molar-refractivity contribution < 1.29 is 9.53 Å². The van der Waals surface area contributed by atoms with Gasteiger partial charge in [-0.3, -0.25) is 0 Å². The number of ether oxygens (including phenoxy) is 1. The Labute approximate surface area is 67.9 Å². The Morgan fingerprint density at radius 2 is 2.18 bits per heavy atom. The van der Waals surface area contributed by atoms with Crippen molar-refractivity contribution in [3.63, 3.8) is 0 Å². The predicted octanol–water partition coefficient (Wildman–Crippen LogP) is 1.64. The van der Waals surface area contributed by atoms with Crippen LogP contribution in [-0.4, -0.2) is 19.5 Å². The lowest BCUT2D eigenvalue weighted by Crippen LogP contribution is -2.32. The first-order valence-electron chi connectivity index (χ1n) is 4.27. The van der Waals surface area contributed by atoms with E-state index in [2.05, 4.69) is 6.92 Å². The largest absolute Gasteiger partial charge is 0.381 e. The standard InChI is InChI=1S/C9H16O2/c1-7-8(6-10)4-3-5-9(7)11-2/h6-9H,3-5H2,1-2H3. The number of hydrogen-bond acceptors (Lipinski definition) is 2. The molecule has 0 amide bonds. The van der Waals surface area contributed by atoms with Crippen molar-refractivity contribution >= 4 is 6.29 Å². The normalized spacial score (nSPS) is 38.5. The summed E-state index contributed by atoms with van der Waals surface area (Å²) in [6.07, 6.45) is 4.67. The number of rotatable bonds is 2. The molecule has 1 aliphatic carbocycles. The molecule has 1 rings (SSSR count). The number of hydrogen-bond donors (Lipinski definition) is 0. The van der Waals surface area contributed by atoms with E-state index in [1.807, 2.05) is 0 Å². The molecule has 0 aliphatic heterocycles. The van der Waals surface area contributed by atoms with Crippen molar-refractivity contribution in [2.45, 2.75) is 32.3 Å². The predicted molar refractivity (Wildman–Crippen MR) is 43.4 cm³/mol. The van der Waals surface area contributed by atoms with Crippen LogP contribution >= 0.6 is 0 Å². The highest BCUT2D eigenvalue weighted by molar-refractivity contribution is 5.54. The van der Waals surface area contributed by atoms with Gasteiger partial charge in [0.2, 0.25) is 0 Å². The van der Waals surface area contributed by atoms with Crippen LogP contribution in [0.4, 0.5) is 0 Å². The molecule has 0 spiro atoms. The van der Waals surface area contributed by atoms with Gasteiger partial charge < -0.3 is 9.53 Å². The van der Waals surface area contributed by atoms with Crippen LogP contribution in [0.3, 0.4) is 0 Å². The molecular weight excluding hydrogens is 140 g/mol. The lowest BCUT2D eigenvalue weighted by Gasteiger charge is -2.31. The molecule has 2 heteroatoms. The fraction of sp³-hybridized carbons (Fsp3) is 0.889. The maximum absolute atomic E-state index is 10.6. The second-order valence-electron chi connectivity index (χ2n) is 3.36. The first kappa shape index (κ1) is 8.72. The summed E-state index contributed by atoms with van der Waals surface area (Å²) in [7, 11) is 1.73. The molecule has 0 heterocycles. The molecule has 11 heavy (non-hydrogen) atoms. The first-order valence-corrected chi connectivity index (χ1v) is 4.27. The van der Waals surface area contributed by atoms with E-state index >= 15 is 0 Å². The second kappa shape index (κ2) is 3.86. The van der Waals surface area contributed by atoms with Gasteiger partial charge in [0.1, 0.15) is 6.29 Å². The van der Waals surface area contributed by atoms with Gasteiger partial charge in [0.15, 0.2) is 0 Å². The minimum absolute atomic E-state index is 0.230. The molecule has 0 aromatic heterocycles. The zero-order valence-electron chi connectivity index (χ0n) is 7.25. The van der Waals surface area contributed by atoms with E-state index in [1.165, 1.54) is 0 Å². The van der Waals surface area contributed by atoms with Gasteiger partial charge in [-0.15, -0.1) is 0 Å². The number of carbonyl (C=O) groups excluding carboxylic acids is 1. The molecule has 0 aromatic carbocycles. The summed E-state index contributed by atoms with van der Waals surface area (Å²) < 4.78 is 5.28. The summed E-state index contributed by atoms with van der Waals surface area (Å²) in [5, 5.41) is 0. The molecular formula is C9H16O2. The Bertz CT molecular complexity index is 134. The molecule has 3 atom stereocenters. The fourth-order valence-corrected chi connectivity index (χ4v) is 1.88. The smallest absolute Gasteiger partial charge is 0.123 e. The Balaban J connectivity index is 2.51. The highest BCUT2D eigenvalue weighted by Crippen LogP contribution is 2.29. The van der Waals surface area contributed by atoms with Crippen LogP contribution in [0.5, 0.6) is 0 Å². The third kappa shape index (κ3) is 1.80. The van der Waals surface area contributed by atoms with Crippen molar-refractivity contribution in [2.24, 2.45) is 11.8 Å². The van der Waals surface area contributed by atoms with Crippen molar-refractivity contribution in [3.05, 3.63) is 0 Å². The van der Waals surface area contributed by atoms with Crippen molar-refractivity contribution in [2.75, 3.05) is 7.11 Å². The molecule has 1 aliphatic rings. The summed E-state index contributed by atoms with van der Waals surface area (Å²) in [5.41, 5.74) is 0. The Kier molecular flexibility index (Phi) is 3.06. The SMILES string of the molecule is COC1CCCC(C=O)C1C. The van der Waals surface area contributed by atoms with E-state index in [4.69, 9.17) is 4.74 Å². The van der Waals surface area contributed by atoms with Gasteiger partial charge in [-0.1, -0.05) is 13.3 Å². The van der Waals surface area contributed by atoms with Gasteiger partial charge in [0.05, 0.1) is 6.10 Å². The lowest BCUT2D eigenvalue weighted by molar-refractivity contribution is -0.116. The van der Waals surface area contributed by atoms with E-state index in [-0.39, 0.29) is 5.92 Å². The van der Waals surface area contributed by atoms with Crippen LogP contribution in [-0.2, 0) is 9.53 Å². The van der Waals surface area contributed by atoms with Crippen LogP contribution in [0.15, 0.2) is 0 Å². The summed E-state index contributed by atoms with van der Waals surface area (Å²) in [4.78, 5) is 10.6. The van der Waals surface area contributed by atoms with E-state index in [1.54, 1.807) is 7.11 Å².